The van der Waals surface area contributed by atoms with Crippen molar-refractivity contribution in [3.05, 3.63) is 53.7 Å². The molecule has 0 saturated heterocycles. The average Bonchev–Trinajstić information content (AvgIpc) is 2.36. The lowest BCUT2D eigenvalue weighted by Gasteiger charge is -2.10. The van der Waals surface area contributed by atoms with E-state index < -0.39 is 7.14 Å². The van der Waals surface area contributed by atoms with Gasteiger partial charge in [0.05, 0.1) is 0 Å². The van der Waals surface area contributed by atoms with Crippen molar-refractivity contribution in [2.45, 2.75) is 13.5 Å². The van der Waals surface area contributed by atoms with Gasteiger partial charge in [0, 0.05) is 18.0 Å². The summed E-state index contributed by atoms with van der Waals surface area (Å²) in [5, 5.41) is 4.12. The Labute approximate surface area is 114 Å². The molecular weight excluding hydrogens is 255 g/mol. The molecule has 19 heavy (non-hydrogen) atoms. The van der Waals surface area contributed by atoms with Crippen LogP contribution in [-0.2, 0) is 11.1 Å². The van der Waals surface area contributed by atoms with Crippen molar-refractivity contribution in [3.8, 4) is 0 Å². The quantitative estimate of drug-likeness (QED) is 0.870. The third-order valence-electron chi connectivity index (χ3n) is 2.92. The van der Waals surface area contributed by atoms with Gasteiger partial charge >= 0.3 is 0 Å². The first-order valence-corrected chi connectivity index (χ1v) is 8.86. The molecule has 0 aliphatic carbocycles. The Bertz CT molecular complexity index is 619. The molecule has 0 bridgehead atoms. The van der Waals surface area contributed by atoms with Crippen LogP contribution in [0.3, 0.4) is 0 Å². The third-order valence-corrected chi connectivity index (χ3v) is 4.44. The first-order chi connectivity index (χ1) is 8.95. The topological polar surface area (TPSA) is 42.0 Å². The first-order valence-electron chi connectivity index (χ1n) is 6.26. The number of rotatable bonds is 4. The lowest BCUT2D eigenvalue weighted by Crippen LogP contribution is -2.08. The molecule has 100 valence electrons. The Morgan fingerprint density at radius 3 is 2.68 bits per heavy atom. The molecule has 1 heterocycles. The van der Waals surface area contributed by atoms with E-state index in [0.717, 1.165) is 17.7 Å². The summed E-state index contributed by atoms with van der Waals surface area (Å²) < 4.78 is 12.0. The highest BCUT2D eigenvalue weighted by molar-refractivity contribution is 7.70. The number of nitrogens with zero attached hydrogens (tertiary/aromatic N) is 1. The molecule has 0 spiro atoms. The molecule has 0 fully saturated rings. The van der Waals surface area contributed by atoms with E-state index in [1.165, 1.54) is 11.1 Å². The monoisotopic (exact) mass is 274 g/mol. The van der Waals surface area contributed by atoms with Crippen LogP contribution in [0.4, 0.5) is 5.82 Å². The van der Waals surface area contributed by atoms with Crippen LogP contribution in [0.1, 0.15) is 11.1 Å². The number of aryl methyl sites for hydroxylation is 1. The highest BCUT2D eigenvalue weighted by Gasteiger charge is 2.11. The van der Waals surface area contributed by atoms with Crippen LogP contribution < -0.4 is 10.6 Å². The minimum Gasteiger partial charge on any atom is -0.366 e. The zero-order chi connectivity index (χ0) is 13.9. The normalized spacial score (nSPS) is 11.3. The van der Waals surface area contributed by atoms with E-state index in [4.69, 9.17) is 0 Å². The van der Waals surface area contributed by atoms with Gasteiger partial charge in [-0.05, 0) is 37.9 Å². The van der Waals surface area contributed by atoms with E-state index in [1.807, 2.05) is 18.2 Å². The molecule has 3 nitrogen and oxygen atoms in total. The molecule has 4 heteroatoms. The molecule has 2 aromatic rings. The van der Waals surface area contributed by atoms with Gasteiger partial charge in [-0.2, -0.15) is 0 Å². The maximum atomic E-state index is 12.0. The van der Waals surface area contributed by atoms with Crippen molar-refractivity contribution < 1.29 is 4.57 Å². The van der Waals surface area contributed by atoms with E-state index in [1.54, 1.807) is 19.5 Å². The minimum atomic E-state index is -2.23. The van der Waals surface area contributed by atoms with Gasteiger partial charge in [0.1, 0.15) is 13.0 Å². The van der Waals surface area contributed by atoms with Gasteiger partial charge < -0.3 is 9.88 Å². The number of pyridine rings is 1. The second-order valence-corrected chi connectivity index (χ2v) is 8.31. The van der Waals surface area contributed by atoms with Crippen molar-refractivity contribution in [2.75, 3.05) is 18.6 Å². The summed E-state index contributed by atoms with van der Waals surface area (Å²) in [4.78, 5) is 4.26. The summed E-state index contributed by atoms with van der Waals surface area (Å²) in [6, 6.07) is 12.0. The molecule has 0 aliphatic rings. The molecule has 1 aromatic heterocycles. The summed E-state index contributed by atoms with van der Waals surface area (Å²) in [7, 11) is -2.23. The lowest BCUT2D eigenvalue weighted by molar-refractivity contribution is 0.588. The lowest BCUT2D eigenvalue weighted by atomic mass is 10.1. The summed E-state index contributed by atoms with van der Waals surface area (Å²) in [5.41, 5.74) is 2.45. The predicted octanol–water partition coefficient (Wildman–Crippen LogP) is 3.25. The van der Waals surface area contributed by atoms with Gasteiger partial charge in [-0.15, -0.1) is 0 Å². The van der Waals surface area contributed by atoms with Gasteiger partial charge in [0.25, 0.3) is 0 Å². The van der Waals surface area contributed by atoms with Crippen LogP contribution in [0.25, 0.3) is 0 Å². The second kappa shape index (κ2) is 5.58. The van der Waals surface area contributed by atoms with E-state index in [9.17, 15) is 4.57 Å². The molecule has 0 unspecified atom stereocenters. The number of aromatic nitrogens is 1. The fraction of sp³-hybridized carbons (Fsp3) is 0.267. The molecule has 2 rings (SSSR count). The van der Waals surface area contributed by atoms with E-state index in [0.29, 0.717) is 0 Å². The van der Waals surface area contributed by atoms with Gasteiger partial charge in [0.15, 0.2) is 0 Å². The number of nitrogens with one attached hydrogen (secondary N) is 1. The Morgan fingerprint density at radius 2 is 2.00 bits per heavy atom. The van der Waals surface area contributed by atoms with Crippen LogP contribution in [0.2, 0.25) is 0 Å². The van der Waals surface area contributed by atoms with E-state index in [2.05, 4.69) is 35.4 Å². The zero-order valence-electron chi connectivity index (χ0n) is 11.6. The fourth-order valence-electron chi connectivity index (χ4n) is 1.87. The zero-order valence-corrected chi connectivity index (χ0v) is 12.4. The molecule has 1 N–H and O–H groups in total. The molecule has 0 amide bonds. The van der Waals surface area contributed by atoms with Crippen LogP contribution in [0, 0.1) is 6.92 Å². The Hall–Kier alpha value is -1.60. The number of anilines is 1. The maximum absolute atomic E-state index is 12.0. The fourth-order valence-corrected chi connectivity index (χ4v) is 2.72. The molecule has 0 saturated carbocycles. The van der Waals surface area contributed by atoms with Gasteiger partial charge in [-0.3, -0.25) is 0 Å². The Balaban J connectivity index is 2.10. The van der Waals surface area contributed by atoms with Crippen LogP contribution >= 0.6 is 7.14 Å². The summed E-state index contributed by atoms with van der Waals surface area (Å²) >= 11 is 0. The maximum Gasteiger partial charge on any atom is 0.126 e. The molecule has 0 radical (unpaired) electrons. The Kier molecular flexibility index (Phi) is 4.06. The van der Waals surface area contributed by atoms with Crippen molar-refractivity contribution in [1.82, 2.24) is 4.98 Å². The van der Waals surface area contributed by atoms with Gasteiger partial charge in [-0.25, -0.2) is 4.98 Å². The summed E-state index contributed by atoms with van der Waals surface area (Å²) in [5.74, 6) is 0.767. The Morgan fingerprint density at radius 1 is 1.21 bits per heavy atom. The third kappa shape index (κ3) is 3.93. The van der Waals surface area contributed by atoms with Gasteiger partial charge in [0.2, 0.25) is 0 Å². The summed E-state index contributed by atoms with van der Waals surface area (Å²) in [6.45, 7) is 6.34. The summed E-state index contributed by atoms with van der Waals surface area (Å²) in [6.07, 6.45) is 1.70. The second-order valence-electron chi connectivity index (χ2n) is 5.09. The van der Waals surface area contributed by atoms with Crippen molar-refractivity contribution in [2.24, 2.45) is 0 Å². The molecule has 0 aliphatic heterocycles. The van der Waals surface area contributed by atoms with Crippen LogP contribution in [-0.4, -0.2) is 18.3 Å². The van der Waals surface area contributed by atoms with Crippen molar-refractivity contribution in [1.29, 1.82) is 0 Å². The number of hydrogen-bond acceptors (Lipinski definition) is 3. The number of benzene rings is 1. The average molecular weight is 274 g/mol. The largest absolute Gasteiger partial charge is 0.366 e. The van der Waals surface area contributed by atoms with Crippen molar-refractivity contribution >= 4 is 18.3 Å². The van der Waals surface area contributed by atoms with Crippen LogP contribution in [0.15, 0.2) is 42.6 Å². The SMILES string of the molecule is Cc1cccc(CNc2cc(P(C)(C)=O)ccn2)c1. The van der Waals surface area contributed by atoms with Crippen molar-refractivity contribution in [3.63, 3.8) is 0 Å². The molecular formula is C15H19N2OP. The van der Waals surface area contributed by atoms with Crippen LogP contribution in [0.5, 0.6) is 0 Å². The predicted molar refractivity (Wildman–Crippen MR) is 81.8 cm³/mol. The van der Waals surface area contributed by atoms with E-state index in [-0.39, 0.29) is 0 Å². The highest BCUT2D eigenvalue weighted by Crippen LogP contribution is 2.34. The number of hydrogen-bond donors (Lipinski definition) is 1. The molecule has 0 atom stereocenters. The minimum absolute atomic E-state index is 0.718. The standard InChI is InChI=1S/C15H19N2OP/c1-12-5-4-6-13(9-12)11-17-15-10-14(7-8-16-15)19(2,3)18/h4-10H,11H2,1-3H3,(H,16,17). The molecule has 1 aromatic carbocycles. The highest BCUT2D eigenvalue weighted by atomic mass is 31.2. The van der Waals surface area contributed by atoms with Gasteiger partial charge in [-0.1, -0.05) is 29.8 Å². The first kappa shape index (κ1) is 13.8. The smallest absolute Gasteiger partial charge is 0.126 e. The van der Waals surface area contributed by atoms with E-state index >= 15 is 0 Å².